The molecule has 2 heteroatoms. The first kappa shape index (κ1) is 12.7. The average molecular weight is 241 g/mol. The summed E-state index contributed by atoms with van der Waals surface area (Å²) in [4.78, 5) is 0. The minimum absolute atomic E-state index is 0.0409. The highest BCUT2D eigenvalue weighted by molar-refractivity contribution is 5.80. The summed E-state index contributed by atoms with van der Waals surface area (Å²) >= 11 is 0. The predicted molar refractivity (Wildman–Crippen MR) is 75.1 cm³/mol. The van der Waals surface area contributed by atoms with Crippen LogP contribution in [0.1, 0.15) is 26.3 Å². The van der Waals surface area contributed by atoms with Gasteiger partial charge in [0.15, 0.2) is 0 Å². The van der Waals surface area contributed by atoms with Crippen LogP contribution in [0, 0.1) is 17.3 Å². The molecule has 0 spiro atoms. The fraction of sp³-hybridized carbons (Fsp3) is 0.375. The quantitative estimate of drug-likeness (QED) is 0.803. The van der Waals surface area contributed by atoms with E-state index < -0.39 is 0 Å². The van der Waals surface area contributed by atoms with Crippen LogP contribution in [-0.4, -0.2) is 9.67 Å². The van der Waals surface area contributed by atoms with E-state index in [-0.39, 0.29) is 12.0 Å². The number of nitrogens with zero attached hydrogens (tertiary/aromatic N) is 1. The van der Waals surface area contributed by atoms with E-state index in [2.05, 4.69) is 43.2 Å². The summed E-state index contributed by atoms with van der Waals surface area (Å²) in [6.07, 6.45) is 2.04. The molecule has 2 aromatic rings. The standard InChI is InChI=1S/C16H19NO/c1-16(2,3)8-4-9-17-10-7-14-6-5-13(12-18)11-15(14)17/h5-7,10-11,18H,9,12H2,1-3H3. The van der Waals surface area contributed by atoms with Gasteiger partial charge in [0.25, 0.3) is 0 Å². The molecule has 2 nitrogen and oxygen atoms in total. The van der Waals surface area contributed by atoms with E-state index in [1.807, 2.05) is 24.4 Å². The Morgan fingerprint density at radius 3 is 2.67 bits per heavy atom. The number of fused-ring (bicyclic) bond motifs is 1. The largest absolute Gasteiger partial charge is 0.392 e. The molecule has 0 amide bonds. The first-order valence-electron chi connectivity index (χ1n) is 6.18. The van der Waals surface area contributed by atoms with Crippen LogP contribution in [0.3, 0.4) is 0 Å². The molecule has 0 bridgehead atoms. The third-order valence-corrected chi connectivity index (χ3v) is 2.73. The zero-order valence-electron chi connectivity index (χ0n) is 11.2. The number of hydrogen-bond acceptors (Lipinski definition) is 1. The summed E-state index contributed by atoms with van der Waals surface area (Å²) in [7, 11) is 0. The number of rotatable bonds is 2. The molecule has 2 rings (SSSR count). The second-order valence-electron chi connectivity index (χ2n) is 5.55. The SMILES string of the molecule is CC(C)(C)C#CCn1ccc2ccc(CO)cc21. The van der Waals surface area contributed by atoms with Crippen LogP contribution in [0.15, 0.2) is 30.5 Å². The molecule has 0 fully saturated rings. The minimum atomic E-state index is 0.0409. The maximum atomic E-state index is 9.17. The number of aliphatic hydroxyl groups is 1. The van der Waals surface area contributed by atoms with Crippen LogP contribution >= 0.6 is 0 Å². The summed E-state index contributed by atoms with van der Waals surface area (Å²) in [5.41, 5.74) is 2.11. The maximum Gasteiger partial charge on any atom is 0.0837 e. The maximum absolute atomic E-state index is 9.17. The van der Waals surface area contributed by atoms with E-state index in [1.54, 1.807) is 0 Å². The van der Waals surface area contributed by atoms with E-state index in [9.17, 15) is 5.11 Å². The molecule has 0 aliphatic heterocycles. The lowest BCUT2D eigenvalue weighted by atomic mass is 9.98. The molecule has 0 saturated carbocycles. The molecule has 18 heavy (non-hydrogen) atoms. The van der Waals surface area contributed by atoms with Gasteiger partial charge in [-0.3, -0.25) is 0 Å². The molecule has 0 aliphatic carbocycles. The summed E-state index contributed by atoms with van der Waals surface area (Å²) in [5, 5.41) is 10.4. The fourth-order valence-electron chi connectivity index (χ4n) is 1.86. The van der Waals surface area contributed by atoms with Crippen LogP contribution in [0.5, 0.6) is 0 Å². The smallest absolute Gasteiger partial charge is 0.0837 e. The van der Waals surface area contributed by atoms with Crippen LogP contribution in [-0.2, 0) is 13.2 Å². The van der Waals surface area contributed by atoms with Gasteiger partial charge in [-0.2, -0.15) is 0 Å². The van der Waals surface area contributed by atoms with Gasteiger partial charge in [-0.05, 0) is 43.9 Å². The van der Waals surface area contributed by atoms with Gasteiger partial charge in [-0.25, -0.2) is 0 Å². The number of benzene rings is 1. The van der Waals surface area contributed by atoms with Gasteiger partial charge in [-0.1, -0.05) is 24.0 Å². The van der Waals surface area contributed by atoms with Crippen molar-refractivity contribution in [3.05, 3.63) is 36.0 Å². The summed E-state index contributed by atoms with van der Waals surface area (Å²) in [5.74, 6) is 6.44. The average Bonchev–Trinajstić information content (AvgIpc) is 2.70. The van der Waals surface area contributed by atoms with Gasteiger partial charge in [0.05, 0.1) is 13.2 Å². The Kier molecular flexibility index (Phi) is 3.45. The van der Waals surface area contributed by atoms with E-state index in [4.69, 9.17) is 0 Å². The molecule has 1 aromatic heterocycles. The number of aromatic nitrogens is 1. The molecule has 1 aromatic carbocycles. The van der Waals surface area contributed by atoms with E-state index >= 15 is 0 Å². The molecular weight excluding hydrogens is 222 g/mol. The van der Waals surface area contributed by atoms with Gasteiger partial charge in [0.1, 0.15) is 0 Å². The Morgan fingerprint density at radius 1 is 1.22 bits per heavy atom. The molecule has 0 unspecified atom stereocenters. The van der Waals surface area contributed by atoms with Crippen molar-refractivity contribution in [3.63, 3.8) is 0 Å². The lowest BCUT2D eigenvalue weighted by Crippen LogP contribution is -2.01. The number of aliphatic hydroxyl groups excluding tert-OH is 1. The minimum Gasteiger partial charge on any atom is -0.392 e. The van der Waals surface area contributed by atoms with Crippen molar-refractivity contribution in [2.45, 2.75) is 33.9 Å². The monoisotopic (exact) mass is 241 g/mol. The Balaban J connectivity index is 2.30. The van der Waals surface area contributed by atoms with Gasteiger partial charge in [0.2, 0.25) is 0 Å². The fourth-order valence-corrected chi connectivity index (χ4v) is 1.86. The highest BCUT2D eigenvalue weighted by Gasteiger charge is 2.04. The molecule has 0 aliphatic rings. The lowest BCUT2D eigenvalue weighted by molar-refractivity contribution is 0.282. The van der Waals surface area contributed by atoms with Crippen molar-refractivity contribution in [2.24, 2.45) is 5.41 Å². The Hall–Kier alpha value is -1.72. The van der Waals surface area contributed by atoms with E-state index in [0.29, 0.717) is 6.54 Å². The first-order chi connectivity index (χ1) is 8.49. The molecule has 0 radical (unpaired) electrons. The molecule has 0 atom stereocenters. The topological polar surface area (TPSA) is 25.2 Å². The van der Waals surface area contributed by atoms with E-state index in [0.717, 1.165) is 11.1 Å². The Bertz CT molecular complexity index is 605. The van der Waals surface area contributed by atoms with Gasteiger partial charge in [-0.15, -0.1) is 0 Å². The number of hydrogen-bond donors (Lipinski definition) is 1. The third kappa shape index (κ3) is 2.94. The molecule has 94 valence electrons. The van der Waals surface area contributed by atoms with Crippen molar-refractivity contribution in [3.8, 4) is 11.8 Å². The summed E-state index contributed by atoms with van der Waals surface area (Å²) < 4.78 is 2.12. The van der Waals surface area contributed by atoms with Crippen molar-refractivity contribution in [1.29, 1.82) is 0 Å². The van der Waals surface area contributed by atoms with Crippen molar-refractivity contribution in [2.75, 3.05) is 0 Å². The molecule has 0 saturated heterocycles. The highest BCUT2D eigenvalue weighted by Crippen LogP contribution is 2.18. The lowest BCUT2D eigenvalue weighted by Gasteiger charge is -2.07. The zero-order valence-corrected chi connectivity index (χ0v) is 11.2. The van der Waals surface area contributed by atoms with E-state index in [1.165, 1.54) is 5.39 Å². The Morgan fingerprint density at radius 2 is 2.00 bits per heavy atom. The predicted octanol–water partition coefficient (Wildman–Crippen LogP) is 3.18. The van der Waals surface area contributed by atoms with Crippen LogP contribution in [0.2, 0.25) is 0 Å². The first-order valence-corrected chi connectivity index (χ1v) is 6.18. The van der Waals surface area contributed by atoms with Crippen LogP contribution in [0.4, 0.5) is 0 Å². The Labute approximate surface area is 108 Å². The third-order valence-electron chi connectivity index (χ3n) is 2.73. The zero-order chi connectivity index (χ0) is 13.2. The second-order valence-corrected chi connectivity index (χ2v) is 5.55. The molecule has 1 heterocycles. The van der Waals surface area contributed by atoms with Crippen LogP contribution in [0.25, 0.3) is 10.9 Å². The molecular formula is C16H19NO. The normalized spacial score (nSPS) is 11.3. The molecule has 1 N–H and O–H groups in total. The summed E-state index contributed by atoms with van der Waals surface area (Å²) in [6.45, 7) is 7.09. The van der Waals surface area contributed by atoms with Crippen LogP contribution < -0.4 is 0 Å². The second kappa shape index (κ2) is 4.88. The van der Waals surface area contributed by atoms with Gasteiger partial charge in [0, 0.05) is 17.1 Å². The van der Waals surface area contributed by atoms with Gasteiger partial charge >= 0.3 is 0 Å². The van der Waals surface area contributed by atoms with Crippen molar-refractivity contribution < 1.29 is 5.11 Å². The van der Waals surface area contributed by atoms with Gasteiger partial charge < -0.3 is 9.67 Å². The van der Waals surface area contributed by atoms with Crippen molar-refractivity contribution in [1.82, 2.24) is 4.57 Å². The summed E-state index contributed by atoms with van der Waals surface area (Å²) in [6, 6.07) is 8.09. The highest BCUT2D eigenvalue weighted by atomic mass is 16.3. The van der Waals surface area contributed by atoms with Crippen molar-refractivity contribution >= 4 is 10.9 Å².